The fourth-order valence-electron chi connectivity index (χ4n) is 5.03. The standard InChI is InChI=1S/C32H40N4O5/c1-6-8-26-28(37)13-10-20(2)29(38)36-16-7-9-27(35-36)30(39)41-21(3)22-11-12-23-19-33-25(18-24(23)17-22)14-15-32(4,5)31(40)34-26/h6,11-12,14-15,17-21,26-27,35H,1,7-10,13,16H2,2-5H3,(H,34,40)/b15-14+/t20-,21-,26+,27+/m1/s1. The molecule has 2 amide bonds. The number of fused-ring (bicyclic) bond motifs is 4. The highest BCUT2D eigenvalue weighted by atomic mass is 16.5. The first-order chi connectivity index (χ1) is 19.5. The van der Waals surface area contributed by atoms with Gasteiger partial charge >= 0.3 is 5.97 Å². The van der Waals surface area contributed by atoms with Crippen LogP contribution in [0.5, 0.6) is 0 Å². The number of ketones is 1. The van der Waals surface area contributed by atoms with E-state index < -0.39 is 35.5 Å². The topological polar surface area (TPSA) is 118 Å². The first-order valence-electron chi connectivity index (χ1n) is 14.3. The fraction of sp³-hybridized carbons (Fsp3) is 0.469. The van der Waals surface area contributed by atoms with Gasteiger partial charge in [-0.05, 0) is 75.6 Å². The third-order valence-corrected chi connectivity index (χ3v) is 7.86. The van der Waals surface area contributed by atoms with Gasteiger partial charge in [0, 0.05) is 30.5 Å². The molecule has 4 rings (SSSR count). The van der Waals surface area contributed by atoms with Crippen molar-refractivity contribution in [2.75, 3.05) is 6.54 Å². The van der Waals surface area contributed by atoms with Crippen LogP contribution in [0.15, 0.2) is 49.2 Å². The average molecular weight is 561 g/mol. The molecule has 2 aromatic rings. The van der Waals surface area contributed by atoms with E-state index in [2.05, 4.69) is 22.3 Å². The van der Waals surface area contributed by atoms with Crippen LogP contribution < -0.4 is 10.7 Å². The number of Topliss-reactive ketones (excluding diaryl/α,β-unsaturated/α-hetero) is 1. The molecule has 2 aliphatic rings. The highest BCUT2D eigenvalue weighted by Gasteiger charge is 2.33. The number of pyridine rings is 1. The van der Waals surface area contributed by atoms with Gasteiger partial charge in [-0.15, -0.1) is 6.58 Å². The lowest BCUT2D eigenvalue weighted by Crippen LogP contribution is -2.56. The van der Waals surface area contributed by atoms with E-state index in [1.165, 1.54) is 5.01 Å². The molecule has 1 fully saturated rings. The smallest absolute Gasteiger partial charge is 0.325 e. The van der Waals surface area contributed by atoms with E-state index in [1.54, 1.807) is 45.2 Å². The first kappa shape index (κ1) is 30.1. The Hall–Kier alpha value is -3.85. The molecule has 2 N–H and O–H groups in total. The molecule has 0 spiro atoms. The van der Waals surface area contributed by atoms with E-state index in [-0.39, 0.29) is 30.4 Å². The third-order valence-electron chi connectivity index (χ3n) is 7.86. The van der Waals surface area contributed by atoms with Crippen LogP contribution in [0, 0.1) is 11.3 Å². The Morgan fingerprint density at radius 3 is 2.66 bits per heavy atom. The summed E-state index contributed by atoms with van der Waals surface area (Å²) < 4.78 is 5.82. The van der Waals surface area contributed by atoms with Gasteiger partial charge in [0.25, 0.3) is 0 Å². The summed E-state index contributed by atoms with van der Waals surface area (Å²) in [7, 11) is 0. The summed E-state index contributed by atoms with van der Waals surface area (Å²) in [5.41, 5.74) is 3.64. The zero-order valence-electron chi connectivity index (χ0n) is 24.3. The van der Waals surface area contributed by atoms with Crippen molar-refractivity contribution >= 4 is 40.4 Å². The summed E-state index contributed by atoms with van der Waals surface area (Å²) in [6.45, 7) is 11.4. The highest BCUT2D eigenvalue weighted by molar-refractivity contribution is 5.92. The molecule has 0 aliphatic carbocycles. The SMILES string of the molecule is C=CC[C@@H]1NC(=O)C(C)(C)/C=C/c2cc3cc(ccc3cn2)[C@@H](C)OC(=O)[C@@H]2CCCN(N2)C(=O)[C@H](C)CCC1=O. The van der Waals surface area contributed by atoms with Gasteiger partial charge < -0.3 is 10.1 Å². The summed E-state index contributed by atoms with van der Waals surface area (Å²) in [4.78, 5) is 57.2. The average Bonchev–Trinajstić information content (AvgIpc) is 2.97. The Morgan fingerprint density at radius 2 is 1.90 bits per heavy atom. The number of rotatable bonds is 2. The van der Waals surface area contributed by atoms with Crippen LogP contribution in [0.25, 0.3) is 16.8 Å². The maximum atomic E-state index is 13.2. The van der Waals surface area contributed by atoms with Gasteiger partial charge in [0.15, 0.2) is 5.78 Å². The highest BCUT2D eigenvalue weighted by Crippen LogP contribution is 2.26. The molecule has 1 aromatic carbocycles. The van der Waals surface area contributed by atoms with Crippen molar-refractivity contribution < 1.29 is 23.9 Å². The number of nitrogens with zero attached hydrogens (tertiary/aromatic N) is 2. The largest absolute Gasteiger partial charge is 0.457 e. The molecule has 0 radical (unpaired) electrons. The van der Waals surface area contributed by atoms with Crippen molar-refractivity contribution in [3.63, 3.8) is 0 Å². The first-order valence-corrected chi connectivity index (χ1v) is 14.3. The van der Waals surface area contributed by atoms with Crippen LogP contribution in [0.4, 0.5) is 0 Å². The summed E-state index contributed by atoms with van der Waals surface area (Å²) in [6.07, 6.45) is 8.37. The Balaban J connectivity index is 1.67. The van der Waals surface area contributed by atoms with Crippen molar-refractivity contribution in [2.24, 2.45) is 11.3 Å². The number of hydrogen-bond acceptors (Lipinski definition) is 7. The molecule has 4 atom stereocenters. The van der Waals surface area contributed by atoms with Crippen molar-refractivity contribution in [1.29, 1.82) is 0 Å². The van der Waals surface area contributed by atoms with Gasteiger partial charge in [0.1, 0.15) is 12.1 Å². The van der Waals surface area contributed by atoms with E-state index in [9.17, 15) is 19.2 Å². The molecular weight excluding hydrogens is 520 g/mol. The van der Waals surface area contributed by atoms with Gasteiger partial charge in [-0.25, -0.2) is 5.43 Å². The van der Waals surface area contributed by atoms with E-state index in [4.69, 9.17) is 4.74 Å². The van der Waals surface area contributed by atoms with Crippen LogP contribution >= 0.6 is 0 Å². The zero-order chi connectivity index (χ0) is 29.7. The number of benzene rings is 1. The van der Waals surface area contributed by atoms with Crippen molar-refractivity contribution in [1.82, 2.24) is 20.7 Å². The fourth-order valence-corrected chi connectivity index (χ4v) is 5.03. The molecule has 0 unspecified atom stereocenters. The minimum absolute atomic E-state index is 0.125. The number of hydrogen-bond donors (Lipinski definition) is 2. The second-order valence-corrected chi connectivity index (χ2v) is 11.6. The lowest BCUT2D eigenvalue weighted by Gasteiger charge is -2.34. The van der Waals surface area contributed by atoms with Crippen molar-refractivity contribution in [3.05, 3.63) is 60.5 Å². The number of amides is 2. The maximum absolute atomic E-state index is 13.2. The Morgan fingerprint density at radius 1 is 1.12 bits per heavy atom. The Bertz CT molecular complexity index is 1370. The van der Waals surface area contributed by atoms with Gasteiger partial charge in [-0.2, -0.15) is 0 Å². The number of carbonyl (C=O) groups excluding carboxylic acids is 4. The second kappa shape index (κ2) is 12.8. The van der Waals surface area contributed by atoms with Gasteiger partial charge in [-0.3, -0.25) is 29.2 Å². The maximum Gasteiger partial charge on any atom is 0.325 e. The molecule has 0 saturated carbocycles. The van der Waals surface area contributed by atoms with Gasteiger partial charge in [0.05, 0.1) is 17.2 Å². The molecule has 1 aromatic heterocycles. The number of nitrogens with one attached hydrogen (secondary N) is 2. The summed E-state index contributed by atoms with van der Waals surface area (Å²) >= 11 is 0. The van der Waals surface area contributed by atoms with Crippen molar-refractivity contribution in [2.45, 2.75) is 78.0 Å². The Labute approximate surface area is 241 Å². The Kier molecular flexibility index (Phi) is 9.38. The van der Waals surface area contributed by atoms with Crippen LogP contribution in [-0.2, 0) is 23.9 Å². The monoisotopic (exact) mass is 560 g/mol. The molecule has 41 heavy (non-hydrogen) atoms. The second-order valence-electron chi connectivity index (χ2n) is 11.6. The number of hydrazine groups is 1. The molecule has 9 nitrogen and oxygen atoms in total. The molecule has 218 valence electrons. The number of cyclic esters (lactones) is 1. The van der Waals surface area contributed by atoms with Gasteiger partial charge in [-0.1, -0.05) is 31.2 Å². The van der Waals surface area contributed by atoms with Crippen LogP contribution in [0.1, 0.15) is 77.2 Å². The third kappa shape index (κ3) is 7.27. The van der Waals surface area contributed by atoms with E-state index >= 15 is 0 Å². The van der Waals surface area contributed by atoms with Crippen LogP contribution in [-0.4, -0.2) is 52.2 Å². The van der Waals surface area contributed by atoms with Gasteiger partial charge in [0.2, 0.25) is 11.8 Å². The summed E-state index contributed by atoms with van der Waals surface area (Å²) in [5, 5.41) is 6.21. The molecular formula is C32H40N4O5. The molecule has 3 heterocycles. The molecule has 2 aliphatic heterocycles. The number of carbonyl (C=O) groups is 4. The predicted molar refractivity (Wildman–Crippen MR) is 157 cm³/mol. The van der Waals surface area contributed by atoms with E-state index in [0.717, 1.165) is 16.3 Å². The van der Waals surface area contributed by atoms with E-state index in [1.807, 2.05) is 31.2 Å². The number of esters is 1. The zero-order valence-corrected chi connectivity index (χ0v) is 24.3. The van der Waals surface area contributed by atoms with Crippen LogP contribution in [0.3, 0.4) is 0 Å². The quantitative estimate of drug-likeness (QED) is 0.412. The minimum Gasteiger partial charge on any atom is -0.457 e. The van der Waals surface area contributed by atoms with E-state index in [0.29, 0.717) is 31.5 Å². The van der Waals surface area contributed by atoms with Crippen molar-refractivity contribution in [3.8, 4) is 0 Å². The lowest BCUT2D eigenvalue weighted by molar-refractivity contribution is -0.157. The number of aromatic nitrogens is 1. The van der Waals surface area contributed by atoms with Crippen LogP contribution in [0.2, 0.25) is 0 Å². The lowest BCUT2D eigenvalue weighted by atomic mass is 9.90. The molecule has 5 bridgehead atoms. The minimum atomic E-state index is -0.919. The summed E-state index contributed by atoms with van der Waals surface area (Å²) in [6, 6.07) is 6.35. The molecule has 1 saturated heterocycles. The summed E-state index contributed by atoms with van der Waals surface area (Å²) in [5.74, 6) is -1.49. The number of ether oxygens (including phenoxy) is 1. The normalized spacial score (nSPS) is 27.1. The predicted octanol–water partition coefficient (Wildman–Crippen LogP) is 4.43. The molecule has 9 heteroatoms.